The molecule has 0 spiro atoms. The first-order chi connectivity index (χ1) is 16.1. The van der Waals surface area contributed by atoms with Gasteiger partial charge < -0.3 is 19.5 Å². The zero-order valence-corrected chi connectivity index (χ0v) is 20.2. The van der Waals surface area contributed by atoms with Crippen molar-refractivity contribution < 1.29 is 19.0 Å². The fourth-order valence-corrected chi connectivity index (χ4v) is 4.31. The number of thioether (sulfide) groups is 1. The van der Waals surface area contributed by atoms with E-state index in [4.69, 9.17) is 14.2 Å². The average Bonchev–Trinajstić information content (AvgIpc) is 3.27. The summed E-state index contributed by atoms with van der Waals surface area (Å²) < 4.78 is 17.8. The molecule has 0 fully saturated rings. The van der Waals surface area contributed by atoms with E-state index in [1.165, 1.54) is 0 Å². The molecule has 1 aromatic heterocycles. The van der Waals surface area contributed by atoms with Crippen LogP contribution >= 0.6 is 11.8 Å². The summed E-state index contributed by atoms with van der Waals surface area (Å²) in [5.74, 6) is 2.12. The molecule has 0 aliphatic rings. The van der Waals surface area contributed by atoms with Crippen molar-refractivity contribution >= 4 is 17.7 Å². The van der Waals surface area contributed by atoms with Crippen LogP contribution in [0, 0.1) is 0 Å². The maximum Gasteiger partial charge on any atom is 0.251 e. The van der Waals surface area contributed by atoms with Gasteiger partial charge in [-0.2, -0.15) is 0 Å². The lowest BCUT2D eigenvalue weighted by Crippen LogP contribution is -2.26. The molecular weight excluding hydrogens is 440 g/mol. The van der Waals surface area contributed by atoms with Gasteiger partial charge >= 0.3 is 0 Å². The van der Waals surface area contributed by atoms with Crippen molar-refractivity contribution in [3.8, 4) is 17.1 Å². The Bertz CT molecular complexity index is 1040. The van der Waals surface area contributed by atoms with Gasteiger partial charge in [0.15, 0.2) is 11.0 Å². The zero-order valence-electron chi connectivity index (χ0n) is 19.4. The van der Waals surface area contributed by atoms with Gasteiger partial charge in [-0.25, -0.2) is 0 Å². The lowest BCUT2D eigenvalue weighted by atomic mass is 10.1. The van der Waals surface area contributed by atoms with E-state index in [1.807, 2.05) is 48.5 Å². The van der Waals surface area contributed by atoms with E-state index in [-0.39, 0.29) is 11.9 Å². The van der Waals surface area contributed by atoms with Crippen molar-refractivity contribution in [1.82, 2.24) is 20.1 Å². The first-order valence-corrected chi connectivity index (χ1v) is 11.6. The molecule has 1 heterocycles. The summed E-state index contributed by atoms with van der Waals surface area (Å²) in [5, 5.41) is 12.6. The second-order valence-corrected chi connectivity index (χ2v) is 8.39. The molecule has 1 atom stereocenters. The van der Waals surface area contributed by atoms with Crippen LogP contribution < -0.4 is 10.1 Å². The minimum Gasteiger partial charge on any atom is -0.497 e. The highest BCUT2D eigenvalue weighted by Crippen LogP contribution is 2.31. The summed E-state index contributed by atoms with van der Waals surface area (Å²) in [6.45, 7) is 3.59. The number of hydrogen-bond acceptors (Lipinski definition) is 7. The number of ether oxygens (including phenoxy) is 3. The third kappa shape index (κ3) is 6.56. The summed E-state index contributed by atoms with van der Waals surface area (Å²) in [5.41, 5.74) is 2.64. The van der Waals surface area contributed by atoms with E-state index < -0.39 is 0 Å². The summed E-state index contributed by atoms with van der Waals surface area (Å²) in [6.07, 6.45) is 0. The van der Waals surface area contributed by atoms with Crippen LogP contribution in [0.3, 0.4) is 0 Å². The lowest BCUT2D eigenvalue weighted by molar-refractivity contribution is 0.0937. The Kier molecular flexibility index (Phi) is 9.29. The quantitative estimate of drug-likeness (QED) is 0.318. The standard InChI is InChI=1S/C24H30N4O4S/c1-17(15-31-3)28-22(20-6-5-7-21(14-20)32-4)26-27-24(28)33-16-18-8-10-19(11-9-18)23(29)25-12-13-30-2/h5-11,14,17H,12-13,15-16H2,1-4H3,(H,25,29)/t17-/m1/s1. The molecule has 0 radical (unpaired) electrons. The number of hydrogen-bond donors (Lipinski definition) is 1. The Labute approximate surface area is 198 Å². The van der Waals surface area contributed by atoms with Gasteiger partial charge in [-0.3, -0.25) is 9.36 Å². The molecule has 0 aliphatic heterocycles. The minimum absolute atomic E-state index is 0.0480. The highest BCUT2D eigenvalue weighted by atomic mass is 32.2. The molecular formula is C24H30N4O4S. The van der Waals surface area contributed by atoms with Gasteiger partial charge in [-0.15, -0.1) is 10.2 Å². The average molecular weight is 471 g/mol. The molecule has 9 heteroatoms. The highest BCUT2D eigenvalue weighted by molar-refractivity contribution is 7.98. The monoisotopic (exact) mass is 470 g/mol. The van der Waals surface area contributed by atoms with Gasteiger partial charge in [0.05, 0.1) is 26.4 Å². The maximum absolute atomic E-state index is 12.2. The molecule has 0 saturated carbocycles. The summed E-state index contributed by atoms with van der Waals surface area (Å²) in [7, 11) is 4.94. The van der Waals surface area contributed by atoms with Gasteiger partial charge in [0.1, 0.15) is 5.75 Å². The molecule has 2 aromatic carbocycles. The zero-order chi connectivity index (χ0) is 23.6. The Morgan fingerprint density at radius 3 is 2.58 bits per heavy atom. The van der Waals surface area contributed by atoms with Gasteiger partial charge in [0.25, 0.3) is 5.91 Å². The number of carbonyl (C=O) groups excluding carboxylic acids is 1. The number of aromatic nitrogens is 3. The molecule has 0 unspecified atom stereocenters. The molecule has 1 N–H and O–H groups in total. The number of methoxy groups -OCH3 is 3. The van der Waals surface area contributed by atoms with Crippen LogP contribution in [0.15, 0.2) is 53.7 Å². The predicted molar refractivity (Wildman–Crippen MR) is 129 cm³/mol. The van der Waals surface area contributed by atoms with Crippen molar-refractivity contribution in [3.63, 3.8) is 0 Å². The van der Waals surface area contributed by atoms with E-state index in [9.17, 15) is 4.79 Å². The van der Waals surface area contributed by atoms with Gasteiger partial charge in [-0.1, -0.05) is 36.0 Å². The van der Waals surface area contributed by atoms with Crippen LogP contribution in [0.25, 0.3) is 11.4 Å². The van der Waals surface area contributed by atoms with Gasteiger partial charge in [0.2, 0.25) is 0 Å². The molecule has 0 aliphatic carbocycles. The van der Waals surface area contributed by atoms with Crippen molar-refractivity contribution in [3.05, 3.63) is 59.7 Å². The van der Waals surface area contributed by atoms with Crippen LogP contribution in [0.5, 0.6) is 5.75 Å². The fraction of sp³-hybridized carbons (Fsp3) is 0.375. The molecule has 3 aromatic rings. The van der Waals surface area contributed by atoms with E-state index in [0.717, 1.165) is 27.9 Å². The van der Waals surface area contributed by atoms with Crippen molar-refractivity contribution in [2.45, 2.75) is 23.9 Å². The summed E-state index contributed by atoms with van der Waals surface area (Å²) >= 11 is 1.60. The first kappa shape index (κ1) is 24.8. The van der Waals surface area contributed by atoms with Crippen LogP contribution in [0.4, 0.5) is 0 Å². The van der Waals surface area contributed by atoms with E-state index in [1.54, 1.807) is 33.1 Å². The van der Waals surface area contributed by atoms with Crippen LogP contribution in [-0.2, 0) is 15.2 Å². The number of nitrogens with one attached hydrogen (secondary N) is 1. The van der Waals surface area contributed by atoms with Crippen molar-refractivity contribution in [2.75, 3.05) is 41.1 Å². The SMILES string of the molecule is COCCNC(=O)c1ccc(CSc2nnc(-c3cccc(OC)c3)n2[C@H](C)COC)cc1. The molecule has 0 bridgehead atoms. The predicted octanol–water partition coefficient (Wildman–Crippen LogP) is 3.83. The van der Waals surface area contributed by atoms with Gasteiger partial charge in [0, 0.05) is 37.6 Å². The topological polar surface area (TPSA) is 87.5 Å². The molecule has 33 heavy (non-hydrogen) atoms. The molecule has 176 valence electrons. The van der Waals surface area contributed by atoms with Crippen LogP contribution in [-0.4, -0.2) is 61.8 Å². The number of rotatable bonds is 12. The highest BCUT2D eigenvalue weighted by Gasteiger charge is 2.20. The minimum atomic E-state index is -0.109. The molecule has 3 rings (SSSR count). The first-order valence-electron chi connectivity index (χ1n) is 10.6. The van der Waals surface area contributed by atoms with Crippen molar-refractivity contribution in [2.24, 2.45) is 0 Å². The summed E-state index contributed by atoms with van der Waals surface area (Å²) in [6, 6.07) is 15.4. The van der Waals surface area contributed by atoms with Crippen LogP contribution in [0.1, 0.15) is 28.9 Å². The second-order valence-electron chi connectivity index (χ2n) is 7.45. The lowest BCUT2D eigenvalue weighted by Gasteiger charge is -2.17. The second kappa shape index (κ2) is 12.4. The molecule has 0 saturated heterocycles. The Morgan fingerprint density at radius 2 is 1.88 bits per heavy atom. The number of amides is 1. The Morgan fingerprint density at radius 1 is 1.09 bits per heavy atom. The molecule has 1 amide bonds. The van der Waals surface area contributed by atoms with Gasteiger partial charge in [-0.05, 0) is 36.8 Å². The number of benzene rings is 2. The normalized spacial score (nSPS) is 11.9. The van der Waals surface area contributed by atoms with Crippen LogP contribution in [0.2, 0.25) is 0 Å². The number of carbonyl (C=O) groups is 1. The Hall–Kier alpha value is -2.88. The van der Waals surface area contributed by atoms with E-state index in [2.05, 4.69) is 27.0 Å². The number of nitrogens with zero attached hydrogens (tertiary/aromatic N) is 3. The third-order valence-corrected chi connectivity index (χ3v) is 6.03. The van der Waals surface area contributed by atoms with E-state index in [0.29, 0.717) is 31.1 Å². The van der Waals surface area contributed by atoms with Crippen molar-refractivity contribution in [1.29, 1.82) is 0 Å². The Balaban J connectivity index is 1.75. The smallest absolute Gasteiger partial charge is 0.251 e. The fourth-order valence-electron chi connectivity index (χ4n) is 3.32. The molecule has 8 nitrogen and oxygen atoms in total. The third-order valence-electron chi connectivity index (χ3n) is 5.02. The summed E-state index contributed by atoms with van der Waals surface area (Å²) in [4.78, 5) is 12.2. The van der Waals surface area contributed by atoms with E-state index >= 15 is 0 Å². The maximum atomic E-state index is 12.2. The largest absolute Gasteiger partial charge is 0.497 e.